The van der Waals surface area contributed by atoms with E-state index < -0.39 is 205 Å². The number of carbonyl (C=O) groups is 15. The Balaban J connectivity index is 1.50. The molecule has 4 rings (SSSR count). The summed E-state index contributed by atoms with van der Waals surface area (Å²) >= 11 is 8.50. The first-order chi connectivity index (χ1) is 51.2. The van der Waals surface area contributed by atoms with Crippen molar-refractivity contribution in [2.24, 2.45) is 28.9 Å². The summed E-state index contributed by atoms with van der Waals surface area (Å²) in [5.74, 6) is -16.6. The first-order valence-electron chi connectivity index (χ1n) is 35.7. The van der Waals surface area contributed by atoms with E-state index in [0.717, 1.165) is 11.8 Å². The Morgan fingerprint density at radius 1 is 0.565 bits per heavy atom. The standard InChI is InChI=1S/C64H107N23O19S2/c1-4-32(2)48(83-53(96)40(28-88)80-51(94)36(12-5-6-18-65)77-58(101)49(33(3)89)84-55(98)42(30-108)82-50(93)35(75-46(90)26-66)13-7-19-72-63(67)68)61(104)87-23-11-17-45(87)60(103)86-22-10-16-44(86)56(99)76-37(14-8-20-73-64(69)70)52(95)81-41(29-107)54(97)78-38(24-34-27-71-31-74-34)59(102)85-21-9-15-43(85)57(100)79-39(62(105)106)25-47(91)92/h27,31-33,35-45,48-49,88-89,107-108H,4-26,28-30,65-66H2,1-3H3,(H,71,74)(H,75,90)(H,76,99)(H,77,101)(H,78,97)(H,79,100)(H,80,94)(H,81,95)(H,82,93)(H,83,96)(H,84,98)(H,91,92)(H,105,106)(H4,67,68,72)(H4,69,70,73)/t32-,33+,35-,36?,37-,38?,39-,40-,41-,42?,43-,44-,45-,48-,49-/m0/s1. The highest BCUT2D eigenvalue weighted by molar-refractivity contribution is 7.80. The van der Waals surface area contributed by atoms with Crippen LogP contribution in [0.5, 0.6) is 0 Å². The zero-order valence-corrected chi connectivity index (χ0v) is 62.4. The van der Waals surface area contributed by atoms with Crippen LogP contribution in [0.1, 0.15) is 123 Å². The molecule has 4 heterocycles. The van der Waals surface area contributed by atoms with Crippen LogP contribution in [0.15, 0.2) is 12.5 Å². The van der Waals surface area contributed by atoms with Gasteiger partial charge in [-0.3, -0.25) is 77.9 Å². The Hall–Kier alpha value is -9.66. The van der Waals surface area contributed by atoms with Crippen molar-refractivity contribution >= 4 is 126 Å². The zero-order chi connectivity index (χ0) is 80.5. The number of rotatable bonds is 46. The van der Waals surface area contributed by atoms with E-state index in [0.29, 0.717) is 19.3 Å². The number of imidazole rings is 1. The maximum Gasteiger partial charge on any atom is 0.326 e. The number of hydrogen-bond donors (Lipinski definition) is 25. The number of aromatic amines is 1. The number of carbonyl (C=O) groups excluding carboxylic acids is 13. The highest BCUT2D eigenvalue weighted by Crippen LogP contribution is 2.28. The molecule has 0 spiro atoms. The van der Waals surface area contributed by atoms with Gasteiger partial charge in [-0.05, 0) is 103 Å². The molecule has 0 aliphatic carbocycles. The van der Waals surface area contributed by atoms with Crippen molar-refractivity contribution in [2.75, 3.05) is 63.9 Å². The number of aromatic nitrogens is 2. The molecule has 0 saturated carbocycles. The fourth-order valence-electron chi connectivity index (χ4n) is 12.3. The molecular formula is C64H107N23O19S2. The molecule has 3 aliphatic rings. The van der Waals surface area contributed by atoms with E-state index in [1.807, 2.05) is 0 Å². The Kier molecular flexibility index (Phi) is 38.5. The Bertz CT molecular complexity index is 3310. The predicted octanol–water partition coefficient (Wildman–Crippen LogP) is -8.77. The molecular weight excluding hydrogens is 1460 g/mol. The first-order valence-corrected chi connectivity index (χ1v) is 37.0. The van der Waals surface area contributed by atoms with Crippen molar-refractivity contribution in [1.82, 2.24) is 88.5 Å². The van der Waals surface area contributed by atoms with Crippen LogP contribution in [-0.2, 0) is 78.3 Å². The molecule has 3 saturated heterocycles. The van der Waals surface area contributed by atoms with Crippen LogP contribution in [-0.4, -0.2) is 294 Å². The van der Waals surface area contributed by atoms with Crippen molar-refractivity contribution in [3.05, 3.63) is 18.2 Å². The van der Waals surface area contributed by atoms with Crippen molar-refractivity contribution in [3.8, 4) is 0 Å². The number of hydrogen-bond acceptors (Lipinski definition) is 24. The number of amides is 13. The highest BCUT2D eigenvalue weighted by atomic mass is 32.1. The molecule has 3 fully saturated rings. The normalized spacial score (nSPS) is 18.7. The van der Waals surface area contributed by atoms with Gasteiger partial charge in [0.25, 0.3) is 0 Å². The molecule has 3 unspecified atom stereocenters. The van der Waals surface area contributed by atoms with Crippen molar-refractivity contribution in [2.45, 2.75) is 208 Å². The third-order valence-corrected chi connectivity index (χ3v) is 19.1. The number of nitrogens with one attached hydrogen (secondary N) is 15. The number of thiol groups is 2. The van der Waals surface area contributed by atoms with Crippen molar-refractivity contribution < 1.29 is 92.3 Å². The number of likely N-dealkylation sites (tertiary alicyclic amines) is 3. The average molecular weight is 1570 g/mol. The van der Waals surface area contributed by atoms with Gasteiger partial charge in [-0.1, -0.05) is 20.3 Å². The highest BCUT2D eigenvalue weighted by Gasteiger charge is 2.47. The van der Waals surface area contributed by atoms with Crippen LogP contribution in [0.25, 0.3) is 0 Å². The number of carboxylic acids is 2. The van der Waals surface area contributed by atoms with E-state index in [1.54, 1.807) is 13.8 Å². The lowest BCUT2D eigenvalue weighted by atomic mass is 9.96. The van der Waals surface area contributed by atoms with Gasteiger partial charge >= 0.3 is 11.9 Å². The van der Waals surface area contributed by atoms with E-state index in [-0.39, 0.29) is 139 Å². The monoisotopic (exact) mass is 1570 g/mol. The number of aliphatic hydroxyl groups excluding tert-OH is 2. The van der Waals surface area contributed by atoms with Crippen LogP contribution >= 0.6 is 25.3 Å². The van der Waals surface area contributed by atoms with Gasteiger partial charge in [0.2, 0.25) is 76.8 Å². The predicted molar refractivity (Wildman–Crippen MR) is 392 cm³/mol. The van der Waals surface area contributed by atoms with Gasteiger partial charge in [0.05, 0.1) is 37.7 Å². The van der Waals surface area contributed by atoms with Crippen LogP contribution in [0.4, 0.5) is 0 Å². The summed E-state index contributed by atoms with van der Waals surface area (Å²) < 4.78 is 0. The van der Waals surface area contributed by atoms with Crippen LogP contribution in [0, 0.1) is 16.7 Å². The molecule has 108 heavy (non-hydrogen) atoms. The Labute approximate surface area is 634 Å². The number of nitrogens with zero attached hydrogens (tertiary/aromatic N) is 4. The molecule has 1 aromatic rings. The van der Waals surface area contributed by atoms with Crippen LogP contribution < -0.4 is 86.7 Å². The largest absolute Gasteiger partial charge is 0.481 e. The van der Waals surface area contributed by atoms with Gasteiger partial charge in [-0.2, -0.15) is 25.3 Å². The van der Waals surface area contributed by atoms with Gasteiger partial charge in [0.1, 0.15) is 78.5 Å². The second-order valence-corrected chi connectivity index (χ2v) is 27.1. The molecule has 604 valence electrons. The zero-order valence-electron chi connectivity index (χ0n) is 60.6. The number of guanidine groups is 2. The lowest BCUT2D eigenvalue weighted by molar-refractivity contribution is -0.149. The van der Waals surface area contributed by atoms with Gasteiger partial charge < -0.3 is 127 Å². The van der Waals surface area contributed by atoms with Gasteiger partial charge in [0, 0.05) is 56.8 Å². The van der Waals surface area contributed by atoms with Crippen molar-refractivity contribution in [3.63, 3.8) is 0 Å². The number of aliphatic hydroxyl groups is 2. The molecule has 13 amide bonds. The second kappa shape index (κ2) is 45.9. The summed E-state index contributed by atoms with van der Waals surface area (Å²) in [6.45, 7) is 3.45. The number of aliphatic carboxylic acids is 2. The lowest BCUT2D eigenvalue weighted by Gasteiger charge is -2.35. The van der Waals surface area contributed by atoms with Crippen LogP contribution in [0.3, 0.4) is 0 Å². The smallest absolute Gasteiger partial charge is 0.326 e. The molecule has 27 N–H and O–H groups in total. The third kappa shape index (κ3) is 28.2. The maximum atomic E-state index is 14.9. The Morgan fingerprint density at radius 2 is 1.01 bits per heavy atom. The molecule has 0 bridgehead atoms. The first kappa shape index (κ1) is 90.7. The minimum absolute atomic E-state index is 0.0105. The number of carboxylic acid groups (broad SMARTS) is 2. The maximum absolute atomic E-state index is 14.9. The molecule has 0 aromatic carbocycles. The summed E-state index contributed by atoms with van der Waals surface area (Å²) in [4.78, 5) is 216. The van der Waals surface area contributed by atoms with E-state index in [1.165, 1.54) is 22.3 Å². The molecule has 1 aromatic heterocycles. The van der Waals surface area contributed by atoms with Crippen LogP contribution in [0.2, 0.25) is 0 Å². The van der Waals surface area contributed by atoms with Gasteiger partial charge in [-0.15, -0.1) is 0 Å². The summed E-state index contributed by atoms with van der Waals surface area (Å²) in [6.07, 6.45) is 2.06. The molecule has 0 radical (unpaired) electrons. The third-order valence-electron chi connectivity index (χ3n) is 18.4. The van der Waals surface area contributed by atoms with E-state index in [2.05, 4.69) is 99.0 Å². The van der Waals surface area contributed by atoms with E-state index in [4.69, 9.17) is 33.8 Å². The minimum Gasteiger partial charge on any atom is -0.481 e. The molecule has 15 atom stereocenters. The van der Waals surface area contributed by atoms with Crippen molar-refractivity contribution in [1.29, 1.82) is 10.8 Å². The minimum atomic E-state index is -1.82. The fourth-order valence-corrected chi connectivity index (χ4v) is 12.8. The quantitative estimate of drug-likeness (QED) is 0.0125. The summed E-state index contributed by atoms with van der Waals surface area (Å²) in [5, 5.41) is 85.2. The summed E-state index contributed by atoms with van der Waals surface area (Å²) in [6, 6.07) is -18.9. The second-order valence-electron chi connectivity index (χ2n) is 26.4. The Morgan fingerprint density at radius 3 is 1.49 bits per heavy atom. The van der Waals surface area contributed by atoms with E-state index in [9.17, 15) is 92.3 Å². The number of H-pyrrole nitrogens is 1. The fraction of sp³-hybridized carbons (Fsp3) is 0.688. The average Bonchev–Trinajstić information content (AvgIpc) is 1.63. The molecule has 44 heteroatoms. The van der Waals surface area contributed by atoms with Gasteiger partial charge in [-0.25, -0.2) is 9.78 Å². The summed E-state index contributed by atoms with van der Waals surface area (Å²) in [7, 11) is 0. The van der Waals surface area contributed by atoms with E-state index >= 15 is 0 Å². The lowest BCUT2D eigenvalue weighted by Crippen LogP contribution is -2.62. The SMILES string of the molecule is CC[C@H](C)[C@H](NC(=O)[C@H](CO)NC(=O)C(CCCCN)NC(=O)[C@@H](NC(=O)C(CS)NC(=O)[C@H](CCCNC(=N)N)NC(=O)CN)[C@@H](C)O)C(=O)N1CCC[C@H]1C(=O)N1CCC[C@H]1C(=O)N[C@@H](CCCNC(=N)N)C(=O)N[C@@H](CS)C(=O)NC(Cc1c[nH]cn1)C(=O)N1CCC[C@H]1C(=O)N[C@@H](CC(=O)O)C(=O)O. The molecule has 3 aliphatic heterocycles. The topological polar surface area (TPSA) is 672 Å². The van der Waals surface area contributed by atoms with Gasteiger partial charge in [0.15, 0.2) is 11.9 Å². The summed E-state index contributed by atoms with van der Waals surface area (Å²) in [5.41, 5.74) is 22.3. The molecule has 42 nitrogen and oxygen atoms in total. The number of nitrogens with two attached hydrogens (primary N) is 4. The number of unbranched alkanes of at least 4 members (excludes halogenated alkanes) is 1.